The van der Waals surface area contributed by atoms with Crippen molar-refractivity contribution in [2.24, 2.45) is 0 Å². The topological polar surface area (TPSA) is 101 Å². The molecular weight excluding hydrogens is 408 g/mol. The van der Waals surface area contributed by atoms with Gasteiger partial charge in [-0.05, 0) is 25.1 Å². The van der Waals surface area contributed by atoms with E-state index in [9.17, 15) is 10.1 Å². The van der Waals surface area contributed by atoms with Crippen molar-refractivity contribution in [3.05, 3.63) is 52.7 Å². The van der Waals surface area contributed by atoms with Crippen molar-refractivity contribution in [1.29, 1.82) is 0 Å². The lowest BCUT2D eigenvalue weighted by Gasteiger charge is -2.14. The Morgan fingerprint density at radius 2 is 1.87 bits per heavy atom. The first-order chi connectivity index (χ1) is 14.5. The van der Waals surface area contributed by atoms with Crippen LogP contribution in [0.5, 0.6) is 17.2 Å². The molecule has 2 aromatic heterocycles. The zero-order valence-corrected chi connectivity index (χ0v) is 17.3. The second-order valence-electron chi connectivity index (χ2n) is 6.18. The molecule has 30 heavy (non-hydrogen) atoms. The smallest absolute Gasteiger partial charge is 0.278 e. The third kappa shape index (κ3) is 3.41. The van der Waals surface area contributed by atoms with E-state index in [1.54, 1.807) is 43.1 Å². The van der Waals surface area contributed by atoms with E-state index in [1.165, 1.54) is 17.4 Å². The monoisotopic (exact) mass is 426 g/mol. The molecule has 4 rings (SSSR count). The molecule has 0 aliphatic heterocycles. The summed E-state index contributed by atoms with van der Waals surface area (Å²) in [7, 11) is 3.13. The number of nitro benzene ring substituents is 1. The Kier molecular flexibility index (Phi) is 5.23. The Hall–Kier alpha value is -3.66. The summed E-state index contributed by atoms with van der Waals surface area (Å²) in [6.07, 6.45) is 1.68. The summed E-state index contributed by atoms with van der Waals surface area (Å²) in [4.78, 5) is 16.0. The summed E-state index contributed by atoms with van der Waals surface area (Å²) in [5.41, 5.74) is 1.74. The fourth-order valence-electron chi connectivity index (χ4n) is 3.09. The van der Waals surface area contributed by atoms with Crippen LogP contribution >= 0.6 is 11.3 Å². The van der Waals surface area contributed by atoms with E-state index in [0.29, 0.717) is 45.1 Å². The minimum Gasteiger partial charge on any atom is -0.493 e. The maximum Gasteiger partial charge on any atom is 0.278 e. The molecule has 0 fully saturated rings. The van der Waals surface area contributed by atoms with Crippen molar-refractivity contribution in [3.63, 3.8) is 0 Å². The molecule has 0 spiro atoms. The number of nitro groups is 1. The molecule has 4 aromatic rings. The van der Waals surface area contributed by atoms with Crippen LogP contribution in [0.1, 0.15) is 6.92 Å². The summed E-state index contributed by atoms with van der Waals surface area (Å²) in [5.74, 6) is 1.62. The normalized spacial score (nSPS) is 10.9. The molecule has 154 valence electrons. The quantitative estimate of drug-likeness (QED) is 0.318. The lowest BCUT2D eigenvalue weighted by molar-refractivity contribution is -0.384. The third-order valence-electron chi connectivity index (χ3n) is 4.42. The van der Waals surface area contributed by atoms with Crippen LogP contribution < -0.4 is 14.2 Å². The second kappa shape index (κ2) is 7.99. The van der Waals surface area contributed by atoms with Gasteiger partial charge < -0.3 is 14.2 Å². The largest absolute Gasteiger partial charge is 0.493 e. The Morgan fingerprint density at radius 3 is 2.47 bits per heavy atom. The van der Waals surface area contributed by atoms with Gasteiger partial charge in [-0.3, -0.25) is 10.1 Å². The fourth-order valence-corrected chi connectivity index (χ4v) is 3.95. The van der Waals surface area contributed by atoms with Gasteiger partial charge in [-0.1, -0.05) is 23.5 Å². The summed E-state index contributed by atoms with van der Waals surface area (Å²) in [5, 5.41) is 16.6. The number of fused-ring (bicyclic) bond motifs is 1. The van der Waals surface area contributed by atoms with Crippen molar-refractivity contribution in [1.82, 2.24) is 14.6 Å². The number of hydrogen-bond acceptors (Lipinski definition) is 8. The van der Waals surface area contributed by atoms with Crippen LogP contribution in [-0.2, 0) is 0 Å². The average Bonchev–Trinajstić information content (AvgIpc) is 3.33. The first-order valence-corrected chi connectivity index (χ1v) is 9.86. The highest BCUT2D eigenvalue weighted by Crippen LogP contribution is 2.42. The summed E-state index contributed by atoms with van der Waals surface area (Å²) in [6.45, 7) is 2.36. The molecule has 0 aliphatic rings. The highest BCUT2D eigenvalue weighted by Gasteiger charge is 2.20. The number of hydrogen-bond donors (Lipinski definition) is 0. The van der Waals surface area contributed by atoms with Gasteiger partial charge in [-0.15, -0.1) is 0 Å². The molecule has 2 heterocycles. The molecule has 0 aliphatic carbocycles. The summed E-state index contributed by atoms with van der Waals surface area (Å²) in [6, 6.07) is 10.2. The standard InChI is InChI=1S/C20H18N4O5S/c1-4-29-18-16(27-2)9-12(10-17(18)28-3)19-22-23-11-14(21-20(23)30-19)13-7-5-6-8-15(13)24(25)26/h5-11H,4H2,1-3H3. The van der Waals surface area contributed by atoms with Gasteiger partial charge in [0.15, 0.2) is 11.5 Å². The predicted octanol–water partition coefficient (Wildman–Crippen LogP) is 4.45. The first-order valence-electron chi connectivity index (χ1n) is 9.05. The Bertz CT molecular complexity index is 1180. The van der Waals surface area contributed by atoms with E-state index in [2.05, 4.69) is 10.1 Å². The molecule has 10 heteroatoms. The van der Waals surface area contributed by atoms with Gasteiger partial charge in [0.2, 0.25) is 10.7 Å². The van der Waals surface area contributed by atoms with E-state index in [-0.39, 0.29) is 5.69 Å². The second-order valence-corrected chi connectivity index (χ2v) is 7.13. The van der Waals surface area contributed by atoms with Crippen molar-refractivity contribution in [2.45, 2.75) is 6.92 Å². The third-order valence-corrected chi connectivity index (χ3v) is 5.39. The van der Waals surface area contributed by atoms with Crippen molar-refractivity contribution in [3.8, 4) is 39.1 Å². The van der Waals surface area contributed by atoms with Crippen LogP contribution in [0.3, 0.4) is 0 Å². The van der Waals surface area contributed by atoms with Crippen molar-refractivity contribution >= 4 is 22.0 Å². The average molecular weight is 426 g/mol. The van der Waals surface area contributed by atoms with Crippen LogP contribution in [0.4, 0.5) is 5.69 Å². The molecule has 0 atom stereocenters. The zero-order valence-electron chi connectivity index (χ0n) is 16.5. The van der Waals surface area contributed by atoms with Gasteiger partial charge >= 0.3 is 0 Å². The number of methoxy groups -OCH3 is 2. The Morgan fingerprint density at radius 1 is 1.17 bits per heavy atom. The van der Waals surface area contributed by atoms with Crippen LogP contribution in [-0.4, -0.2) is 40.3 Å². The van der Waals surface area contributed by atoms with Gasteiger partial charge in [0.05, 0.1) is 43.2 Å². The summed E-state index contributed by atoms with van der Waals surface area (Å²) >= 11 is 1.36. The van der Waals surface area contributed by atoms with Crippen molar-refractivity contribution in [2.75, 3.05) is 20.8 Å². The maximum absolute atomic E-state index is 11.3. The van der Waals surface area contributed by atoms with Crippen LogP contribution in [0.15, 0.2) is 42.6 Å². The molecule has 0 saturated carbocycles. The van der Waals surface area contributed by atoms with Gasteiger partial charge in [-0.2, -0.15) is 5.10 Å². The fraction of sp³-hybridized carbons (Fsp3) is 0.200. The number of para-hydroxylation sites is 1. The predicted molar refractivity (Wildman–Crippen MR) is 113 cm³/mol. The number of rotatable bonds is 7. The minimum absolute atomic E-state index is 0.00413. The van der Waals surface area contributed by atoms with Crippen LogP contribution in [0.25, 0.3) is 26.8 Å². The zero-order chi connectivity index (χ0) is 21.3. The molecule has 2 aromatic carbocycles. The SMILES string of the molecule is CCOc1c(OC)cc(-c2nn3cc(-c4ccccc4[N+](=O)[O-])nc3s2)cc1OC. The van der Waals surface area contributed by atoms with Gasteiger partial charge in [0.1, 0.15) is 5.01 Å². The molecule has 0 bridgehead atoms. The number of imidazole rings is 1. The number of benzene rings is 2. The minimum atomic E-state index is -0.417. The molecule has 0 unspecified atom stereocenters. The molecule has 0 saturated heterocycles. The maximum atomic E-state index is 11.3. The van der Waals surface area contributed by atoms with E-state index in [0.717, 1.165) is 5.56 Å². The summed E-state index contributed by atoms with van der Waals surface area (Å²) < 4.78 is 18.2. The highest BCUT2D eigenvalue weighted by atomic mass is 32.1. The molecule has 0 amide bonds. The van der Waals surface area contributed by atoms with Gasteiger partial charge in [0.25, 0.3) is 5.69 Å². The Balaban J connectivity index is 1.76. The lowest BCUT2D eigenvalue weighted by Crippen LogP contribution is -1.99. The molecule has 9 nitrogen and oxygen atoms in total. The van der Waals surface area contributed by atoms with Crippen LogP contribution in [0.2, 0.25) is 0 Å². The van der Waals surface area contributed by atoms with E-state index in [1.807, 2.05) is 19.1 Å². The van der Waals surface area contributed by atoms with Gasteiger partial charge in [-0.25, -0.2) is 9.50 Å². The number of nitrogens with zero attached hydrogens (tertiary/aromatic N) is 4. The van der Waals surface area contributed by atoms with E-state index < -0.39 is 4.92 Å². The van der Waals surface area contributed by atoms with Crippen molar-refractivity contribution < 1.29 is 19.1 Å². The molecular formula is C20H18N4O5S. The number of aromatic nitrogens is 3. The highest BCUT2D eigenvalue weighted by molar-refractivity contribution is 7.19. The molecule has 0 radical (unpaired) electrons. The Labute approximate surface area is 175 Å². The first kappa shape index (κ1) is 19.6. The van der Waals surface area contributed by atoms with E-state index in [4.69, 9.17) is 14.2 Å². The number of ether oxygens (including phenoxy) is 3. The van der Waals surface area contributed by atoms with Crippen LogP contribution in [0, 0.1) is 10.1 Å². The lowest BCUT2D eigenvalue weighted by atomic mass is 10.1. The van der Waals surface area contributed by atoms with E-state index >= 15 is 0 Å². The molecule has 0 N–H and O–H groups in total. The van der Waals surface area contributed by atoms with Gasteiger partial charge in [0, 0.05) is 11.6 Å².